The van der Waals surface area contributed by atoms with E-state index < -0.39 is 0 Å². The SMILES string of the molecule is CC(C)COC1CCN(C(=O)[C@@]23CCCC[C@H]2CNC3)CC1. The molecule has 0 aromatic rings. The van der Waals surface area contributed by atoms with E-state index >= 15 is 0 Å². The van der Waals surface area contributed by atoms with Crippen LogP contribution < -0.4 is 5.32 Å². The van der Waals surface area contributed by atoms with Gasteiger partial charge in [0.05, 0.1) is 11.5 Å². The summed E-state index contributed by atoms with van der Waals surface area (Å²) in [6.07, 6.45) is 7.21. The van der Waals surface area contributed by atoms with Gasteiger partial charge < -0.3 is 15.0 Å². The van der Waals surface area contributed by atoms with Crippen molar-refractivity contribution in [2.24, 2.45) is 17.3 Å². The Morgan fingerprint density at radius 3 is 2.77 bits per heavy atom. The fourth-order valence-electron chi connectivity index (χ4n) is 4.54. The quantitative estimate of drug-likeness (QED) is 0.867. The standard InChI is InChI=1S/C18H32N2O2/c1-14(2)12-22-16-6-9-20(10-7-16)17(21)18-8-4-3-5-15(18)11-19-13-18/h14-16,19H,3-13H2,1-2H3/t15-,18+/m0/s1. The summed E-state index contributed by atoms with van der Waals surface area (Å²) in [4.78, 5) is 15.3. The van der Waals surface area contributed by atoms with E-state index in [1.54, 1.807) is 0 Å². The van der Waals surface area contributed by atoms with Gasteiger partial charge in [0.2, 0.25) is 5.91 Å². The zero-order valence-electron chi connectivity index (χ0n) is 14.3. The molecule has 22 heavy (non-hydrogen) atoms. The second-order valence-electron chi connectivity index (χ2n) is 7.95. The molecule has 3 fully saturated rings. The molecule has 1 aliphatic carbocycles. The van der Waals surface area contributed by atoms with Crippen LogP contribution in [0.4, 0.5) is 0 Å². The normalized spacial score (nSPS) is 33.2. The predicted octanol–water partition coefficient (Wildman–Crippen LogP) is 2.43. The summed E-state index contributed by atoms with van der Waals surface area (Å²) in [5, 5.41) is 3.49. The van der Waals surface area contributed by atoms with E-state index in [1.165, 1.54) is 19.3 Å². The van der Waals surface area contributed by atoms with Gasteiger partial charge in [0.15, 0.2) is 0 Å². The molecule has 2 atom stereocenters. The van der Waals surface area contributed by atoms with Crippen LogP contribution in [-0.4, -0.2) is 49.7 Å². The van der Waals surface area contributed by atoms with Gasteiger partial charge in [-0.05, 0) is 44.1 Å². The molecule has 1 saturated carbocycles. The molecule has 0 bridgehead atoms. The molecule has 2 aliphatic heterocycles. The molecule has 126 valence electrons. The van der Waals surface area contributed by atoms with Gasteiger partial charge in [-0.25, -0.2) is 0 Å². The number of nitrogens with zero attached hydrogens (tertiary/aromatic N) is 1. The van der Waals surface area contributed by atoms with E-state index in [4.69, 9.17) is 4.74 Å². The molecule has 3 aliphatic rings. The number of carbonyl (C=O) groups is 1. The summed E-state index contributed by atoms with van der Waals surface area (Å²) in [5.41, 5.74) is -0.0795. The molecule has 1 N–H and O–H groups in total. The van der Waals surface area contributed by atoms with E-state index in [1.807, 2.05) is 0 Å². The van der Waals surface area contributed by atoms with Gasteiger partial charge in [0, 0.05) is 26.2 Å². The number of carbonyl (C=O) groups excluding carboxylic acids is 1. The molecule has 0 radical (unpaired) electrons. The van der Waals surface area contributed by atoms with Gasteiger partial charge >= 0.3 is 0 Å². The zero-order valence-corrected chi connectivity index (χ0v) is 14.3. The number of likely N-dealkylation sites (tertiary alicyclic amines) is 1. The average Bonchev–Trinajstić information content (AvgIpc) is 2.98. The third-order valence-corrected chi connectivity index (χ3v) is 5.86. The van der Waals surface area contributed by atoms with Gasteiger partial charge in [0.1, 0.15) is 0 Å². The van der Waals surface area contributed by atoms with Gasteiger partial charge in [-0.1, -0.05) is 26.7 Å². The van der Waals surface area contributed by atoms with E-state index in [0.29, 0.717) is 23.8 Å². The minimum absolute atomic E-state index is 0.0795. The average molecular weight is 308 g/mol. The van der Waals surface area contributed by atoms with Gasteiger partial charge in [-0.15, -0.1) is 0 Å². The summed E-state index contributed by atoms with van der Waals surface area (Å²) in [7, 11) is 0. The Labute approximate surface area is 135 Å². The van der Waals surface area contributed by atoms with E-state index in [0.717, 1.165) is 52.0 Å². The number of hydrogen-bond donors (Lipinski definition) is 1. The molecule has 4 nitrogen and oxygen atoms in total. The molecular formula is C18H32N2O2. The number of piperidine rings is 1. The van der Waals surface area contributed by atoms with Crippen molar-refractivity contribution in [3.63, 3.8) is 0 Å². The van der Waals surface area contributed by atoms with Crippen LogP contribution in [0.25, 0.3) is 0 Å². The molecule has 1 amide bonds. The Morgan fingerprint density at radius 1 is 1.27 bits per heavy atom. The van der Waals surface area contributed by atoms with Crippen LogP contribution >= 0.6 is 0 Å². The highest BCUT2D eigenvalue weighted by Crippen LogP contribution is 2.45. The molecule has 2 heterocycles. The van der Waals surface area contributed by atoms with Crippen LogP contribution in [0.5, 0.6) is 0 Å². The van der Waals surface area contributed by atoms with Crippen LogP contribution in [0.15, 0.2) is 0 Å². The van der Waals surface area contributed by atoms with Crippen LogP contribution in [0.2, 0.25) is 0 Å². The molecule has 0 unspecified atom stereocenters. The lowest BCUT2D eigenvalue weighted by atomic mass is 9.67. The highest BCUT2D eigenvalue weighted by atomic mass is 16.5. The maximum atomic E-state index is 13.2. The Balaban J connectivity index is 1.55. The fourth-order valence-corrected chi connectivity index (χ4v) is 4.54. The van der Waals surface area contributed by atoms with Crippen LogP contribution in [0.1, 0.15) is 52.4 Å². The van der Waals surface area contributed by atoms with Crippen molar-refractivity contribution in [2.45, 2.75) is 58.5 Å². The van der Waals surface area contributed by atoms with Gasteiger partial charge in [-0.2, -0.15) is 0 Å². The van der Waals surface area contributed by atoms with Crippen molar-refractivity contribution in [2.75, 3.05) is 32.8 Å². The summed E-state index contributed by atoms with van der Waals surface area (Å²) < 4.78 is 5.95. The Hall–Kier alpha value is -0.610. The van der Waals surface area contributed by atoms with Crippen molar-refractivity contribution in [1.29, 1.82) is 0 Å². The van der Waals surface area contributed by atoms with E-state index in [2.05, 4.69) is 24.1 Å². The predicted molar refractivity (Wildman–Crippen MR) is 87.7 cm³/mol. The third kappa shape index (κ3) is 3.18. The number of fused-ring (bicyclic) bond motifs is 1. The lowest BCUT2D eigenvalue weighted by Crippen LogP contribution is -2.52. The van der Waals surface area contributed by atoms with Crippen molar-refractivity contribution >= 4 is 5.91 Å². The first-order valence-corrected chi connectivity index (χ1v) is 9.23. The van der Waals surface area contributed by atoms with Crippen molar-refractivity contribution in [3.05, 3.63) is 0 Å². The number of hydrogen-bond acceptors (Lipinski definition) is 3. The first-order valence-electron chi connectivity index (χ1n) is 9.23. The Bertz CT molecular complexity index is 391. The number of amides is 1. The fraction of sp³-hybridized carbons (Fsp3) is 0.944. The van der Waals surface area contributed by atoms with E-state index in [-0.39, 0.29) is 5.41 Å². The van der Waals surface area contributed by atoms with E-state index in [9.17, 15) is 4.79 Å². The largest absolute Gasteiger partial charge is 0.378 e. The molecule has 0 aromatic carbocycles. The lowest BCUT2D eigenvalue weighted by molar-refractivity contribution is -0.148. The smallest absolute Gasteiger partial charge is 0.230 e. The maximum absolute atomic E-state index is 13.2. The minimum atomic E-state index is -0.0795. The van der Waals surface area contributed by atoms with Crippen LogP contribution in [0, 0.1) is 17.3 Å². The van der Waals surface area contributed by atoms with Crippen LogP contribution in [-0.2, 0) is 9.53 Å². The zero-order chi connectivity index (χ0) is 15.6. The highest BCUT2D eigenvalue weighted by Gasteiger charge is 2.51. The lowest BCUT2D eigenvalue weighted by Gasteiger charge is -2.43. The second-order valence-corrected chi connectivity index (χ2v) is 7.95. The number of rotatable bonds is 4. The first-order chi connectivity index (χ1) is 10.6. The summed E-state index contributed by atoms with van der Waals surface area (Å²) in [5.74, 6) is 1.60. The van der Waals surface area contributed by atoms with Crippen molar-refractivity contribution in [1.82, 2.24) is 10.2 Å². The summed E-state index contributed by atoms with van der Waals surface area (Å²) >= 11 is 0. The monoisotopic (exact) mass is 308 g/mol. The van der Waals surface area contributed by atoms with Gasteiger partial charge in [0.25, 0.3) is 0 Å². The molecule has 4 heteroatoms. The summed E-state index contributed by atoms with van der Waals surface area (Å²) in [6, 6.07) is 0. The third-order valence-electron chi connectivity index (χ3n) is 5.86. The molecule has 3 rings (SSSR count). The van der Waals surface area contributed by atoms with Crippen LogP contribution in [0.3, 0.4) is 0 Å². The molecule has 0 spiro atoms. The number of nitrogens with one attached hydrogen (secondary N) is 1. The summed E-state index contributed by atoms with van der Waals surface area (Å²) in [6.45, 7) is 8.93. The maximum Gasteiger partial charge on any atom is 0.230 e. The highest BCUT2D eigenvalue weighted by molar-refractivity contribution is 5.84. The number of ether oxygens (including phenoxy) is 1. The topological polar surface area (TPSA) is 41.6 Å². The Kier molecular flexibility index (Phi) is 5.08. The molecular weight excluding hydrogens is 276 g/mol. The second kappa shape index (κ2) is 6.88. The first kappa shape index (κ1) is 16.3. The Morgan fingerprint density at radius 2 is 2.05 bits per heavy atom. The van der Waals surface area contributed by atoms with Crippen molar-refractivity contribution in [3.8, 4) is 0 Å². The molecule has 0 aromatic heterocycles. The molecule has 2 saturated heterocycles. The van der Waals surface area contributed by atoms with Crippen molar-refractivity contribution < 1.29 is 9.53 Å². The minimum Gasteiger partial charge on any atom is -0.378 e. The van der Waals surface area contributed by atoms with Gasteiger partial charge in [-0.3, -0.25) is 4.79 Å².